The summed E-state index contributed by atoms with van der Waals surface area (Å²) in [7, 11) is 0. The van der Waals surface area contributed by atoms with E-state index in [4.69, 9.17) is 10.00 Å². The number of ether oxygens (including phenoxy) is 1. The molecule has 2 atom stereocenters. The number of nitrogens with zero attached hydrogens (tertiary/aromatic N) is 2. The molecule has 0 aromatic carbocycles. The fraction of sp³-hybridized carbons (Fsp3) is 0.923. The molecule has 16 heavy (non-hydrogen) atoms. The Hall–Kier alpha value is -0.590. The summed E-state index contributed by atoms with van der Waals surface area (Å²) >= 11 is 0. The molecule has 0 aromatic heterocycles. The molecule has 2 heterocycles. The molecule has 3 nitrogen and oxygen atoms in total. The van der Waals surface area contributed by atoms with Gasteiger partial charge in [-0.15, -0.1) is 0 Å². The number of rotatable bonds is 4. The van der Waals surface area contributed by atoms with Crippen molar-refractivity contribution < 1.29 is 4.74 Å². The average Bonchev–Trinajstić information content (AvgIpc) is 2.35. The minimum Gasteiger partial charge on any atom is -0.380 e. The Morgan fingerprint density at radius 2 is 2.06 bits per heavy atom. The molecule has 2 rings (SSSR count). The van der Waals surface area contributed by atoms with Gasteiger partial charge in [-0.05, 0) is 44.7 Å². The molecule has 0 saturated carbocycles. The minimum atomic E-state index is 0.529. The van der Waals surface area contributed by atoms with Crippen molar-refractivity contribution >= 4 is 0 Å². The molecule has 0 N–H and O–H groups in total. The summed E-state index contributed by atoms with van der Waals surface area (Å²) in [6.07, 6.45) is 7.28. The van der Waals surface area contributed by atoms with Crippen LogP contribution in [-0.2, 0) is 4.74 Å². The minimum absolute atomic E-state index is 0.529. The van der Waals surface area contributed by atoms with Crippen LogP contribution in [0.25, 0.3) is 0 Å². The normalized spacial score (nSPS) is 30.7. The number of fused-ring (bicyclic) bond motifs is 1. The lowest BCUT2D eigenvalue weighted by Gasteiger charge is -2.44. The number of nitriles is 1. The third kappa shape index (κ3) is 2.96. The van der Waals surface area contributed by atoms with Crippen LogP contribution in [0.15, 0.2) is 0 Å². The van der Waals surface area contributed by atoms with Crippen LogP contribution in [0.3, 0.4) is 0 Å². The van der Waals surface area contributed by atoms with Crippen molar-refractivity contribution in [3.8, 4) is 6.07 Å². The predicted octanol–water partition coefficient (Wildman–Crippen LogP) is 2.18. The number of piperidine rings is 2. The van der Waals surface area contributed by atoms with E-state index in [2.05, 4.69) is 11.0 Å². The molecule has 1 unspecified atom stereocenters. The van der Waals surface area contributed by atoms with E-state index in [1.165, 1.54) is 45.2 Å². The lowest BCUT2D eigenvalue weighted by Crippen LogP contribution is -2.49. The summed E-state index contributed by atoms with van der Waals surface area (Å²) in [5, 5.41) is 8.45. The Bertz CT molecular complexity index is 247. The fourth-order valence-corrected chi connectivity index (χ4v) is 3.12. The van der Waals surface area contributed by atoms with Crippen LogP contribution < -0.4 is 0 Å². The quantitative estimate of drug-likeness (QED) is 0.684. The third-order valence-corrected chi connectivity index (χ3v) is 3.92. The molecule has 0 bridgehead atoms. The fourth-order valence-electron chi connectivity index (χ4n) is 3.12. The van der Waals surface area contributed by atoms with Gasteiger partial charge >= 0.3 is 0 Å². The van der Waals surface area contributed by atoms with E-state index in [-0.39, 0.29) is 0 Å². The van der Waals surface area contributed by atoms with Crippen molar-refractivity contribution in [2.24, 2.45) is 5.92 Å². The Morgan fingerprint density at radius 1 is 1.19 bits per heavy atom. The van der Waals surface area contributed by atoms with Crippen LogP contribution in [0, 0.1) is 17.2 Å². The predicted molar refractivity (Wildman–Crippen MR) is 63.0 cm³/mol. The van der Waals surface area contributed by atoms with E-state index in [1.54, 1.807) is 0 Å². The van der Waals surface area contributed by atoms with Gasteiger partial charge in [0, 0.05) is 6.04 Å². The molecule has 3 heteroatoms. The number of hydrogen-bond donors (Lipinski definition) is 0. The molecule has 90 valence electrons. The molecule has 2 fully saturated rings. The van der Waals surface area contributed by atoms with Crippen LogP contribution in [0.4, 0.5) is 0 Å². The summed E-state index contributed by atoms with van der Waals surface area (Å²) in [4.78, 5) is 2.66. The van der Waals surface area contributed by atoms with E-state index in [1.807, 2.05) is 0 Å². The summed E-state index contributed by atoms with van der Waals surface area (Å²) < 4.78 is 5.61. The lowest BCUT2D eigenvalue weighted by atomic mass is 9.84. The summed E-state index contributed by atoms with van der Waals surface area (Å²) in [6, 6.07) is 2.89. The van der Waals surface area contributed by atoms with Gasteiger partial charge in [0.25, 0.3) is 0 Å². The van der Waals surface area contributed by atoms with Gasteiger partial charge in [-0.25, -0.2) is 0 Å². The lowest BCUT2D eigenvalue weighted by molar-refractivity contribution is 0.00533. The van der Waals surface area contributed by atoms with Crippen molar-refractivity contribution in [3.05, 3.63) is 0 Å². The van der Waals surface area contributed by atoms with Gasteiger partial charge in [0.1, 0.15) is 0 Å². The summed E-state index contributed by atoms with van der Waals surface area (Å²) in [6.45, 7) is 4.06. The zero-order chi connectivity index (χ0) is 11.2. The van der Waals surface area contributed by atoms with Crippen LogP contribution in [-0.4, -0.2) is 37.2 Å². The molecular weight excluding hydrogens is 200 g/mol. The van der Waals surface area contributed by atoms with Crippen molar-refractivity contribution in [1.82, 2.24) is 4.90 Å². The van der Waals surface area contributed by atoms with Crippen molar-refractivity contribution in [2.45, 2.75) is 44.6 Å². The second-order valence-electron chi connectivity index (χ2n) is 4.98. The van der Waals surface area contributed by atoms with E-state index < -0.39 is 0 Å². The zero-order valence-corrected chi connectivity index (χ0v) is 10.0. The smallest absolute Gasteiger partial charge is 0.0645 e. The van der Waals surface area contributed by atoms with Gasteiger partial charge in [0.2, 0.25) is 0 Å². The van der Waals surface area contributed by atoms with E-state index in [0.717, 1.165) is 12.6 Å². The maximum absolute atomic E-state index is 8.45. The van der Waals surface area contributed by atoms with Gasteiger partial charge in [-0.3, -0.25) is 0 Å². The molecule has 0 aromatic rings. The standard InChI is InChI=1S/C13H22N2O/c14-7-4-10-16-11-12-5-3-9-15-8-2-1-6-13(12)15/h12-13H,1-6,8-11H2/t12-,13?/m0/s1. The molecular formula is C13H22N2O. The van der Waals surface area contributed by atoms with Gasteiger partial charge in [0.05, 0.1) is 25.7 Å². The Morgan fingerprint density at radius 3 is 2.94 bits per heavy atom. The van der Waals surface area contributed by atoms with Crippen LogP contribution in [0.5, 0.6) is 0 Å². The first kappa shape index (κ1) is 11.9. The van der Waals surface area contributed by atoms with E-state index >= 15 is 0 Å². The van der Waals surface area contributed by atoms with E-state index in [9.17, 15) is 0 Å². The highest BCUT2D eigenvalue weighted by Gasteiger charge is 2.32. The Labute approximate surface area is 98.4 Å². The molecule has 2 aliphatic rings. The molecule has 2 saturated heterocycles. The van der Waals surface area contributed by atoms with Crippen molar-refractivity contribution in [2.75, 3.05) is 26.3 Å². The van der Waals surface area contributed by atoms with Crippen molar-refractivity contribution in [1.29, 1.82) is 5.26 Å². The highest BCUT2D eigenvalue weighted by Crippen LogP contribution is 2.30. The average molecular weight is 222 g/mol. The van der Waals surface area contributed by atoms with Crippen LogP contribution >= 0.6 is 0 Å². The first-order valence-electron chi connectivity index (χ1n) is 6.60. The van der Waals surface area contributed by atoms with Crippen LogP contribution in [0.1, 0.15) is 38.5 Å². The first-order chi connectivity index (χ1) is 7.92. The Kier molecular flexibility index (Phi) is 4.62. The second-order valence-corrected chi connectivity index (χ2v) is 4.98. The second kappa shape index (κ2) is 6.22. The van der Waals surface area contributed by atoms with Gasteiger partial charge in [-0.2, -0.15) is 5.26 Å². The van der Waals surface area contributed by atoms with E-state index in [0.29, 0.717) is 18.9 Å². The molecule has 2 aliphatic heterocycles. The van der Waals surface area contributed by atoms with Gasteiger partial charge < -0.3 is 9.64 Å². The highest BCUT2D eigenvalue weighted by atomic mass is 16.5. The summed E-state index contributed by atoms with van der Waals surface area (Å²) in [5.41, 5.74) is 0. The zero-order valence-electron chi connectivity index (χ0n) is 10.0. The van der Waals surface area contributed by atoms with Crippen LogP contribution in [0.2, 0.25) is 0 Å². The number of hydrogen-bond acceptors (Lipinski definition) is 3. The monoisotopic (exact) mass is 222 g/mol. The molecule has 0 aliphatic carbocycles. The summed E-state index contributed by atoms with van der Waals surface area (Å²) in [5.74, 6) is 0.716. The van der Waals surface area contributed by atoms with Gasteiger partial charge in [0.15, 0.2) is 0 Å². The maximum Gasteiger partial charge on any atom is 0.0645 e. The third-order valence-electron chi connectivity index (χ3n) is 3.92. The largest absolute Gasteiger partial charge is 0.380 e. The topological polar surface area (TPSA) is 36.3 Å². The molecule has 0 radical (unpaired) electrons. The molecule has 0 amide bonds. The first-order valence-corrected chi connectivity index (χ1v) is 6.60. The highest BCUT2D eigenvalue weighted by molar-refractivity contribution is 4.87. The molecule has 0 spiro atoms. The Balaban J connectivity index is 1.76. The van der Waals surface area contributed by atoms with Crippen molar-refractivity contribution in [3.63, 3.8) is 0 Å². The maximum atomic E-state index is 8.45. The van der Waals surface area contributed by atoms with Gasteiger partial charge in [-0.1, -0.05) is 6.42 Å². The SMILES string of the molecule is N#CCCOC[C@@H]1CCCN2CCCCC12.